The van der Waals surface area contributed by atoms with Gasteiger partial charge in [-0.05, 0) is 43.7 Å². The van der Waals surface area contributed by atoms with Gasteiger partial charge in [0.05, 0.1) is 0 Å². The first-order valence-electron chi connectivity index (χ1n) is 7.44. The number of hydrogen-bond acceptors (Lipinski definition) is 2. The molecule has 0 bridgehead atoms. The van der Waals surface area contributed by atoms with Crippen LogP contribution in [-0.4, -0.2) is 22.9 Å². The smallest absolute Gasteiger partial charge is 0.226 e. The molecule has 1 aromatic carbocycles. The third-order valence-electron chi connectivity index (χ3n) is 4.39. The minimum absolute atomic E-state index is 0.146. The molecule has 2 aliphatic carbocycles. The van der Waals surface area contributed by atoms with Gasteiger partial charge in [-0.15, -0.1) is 0 Å². The van der Waals surface area contributed by atoms with Gasteiger partial charge in [0.15, 0.2) is 0 Å². The molecule has 0 aromatic heterocycles. The van der Waals surface area contributed by atoms with Gasteiger partial charge >= 0.3 is 0 Å². The molecule has 3 rings (SSSR count). The number of benzene rings is 1. The van der Waals surface area contributed by atoms with Crippen LogP contribution in [-0.2, 0) is 11.3 Å². The van der Waals surface area contributed by atoms with E-state index in [0.717, 1.165) is 43.1 Å². The van der Waals surface area contributed by atoms with Gasteiger partial charge in [0.25, 0.3) is 0 Å². The van der Waals surface area contributed by atoms with E-state index in [0.29, 0.717) is 11.9 Å². The molecular formula is C16H21BrN2O. The molecule has 2 atom stereocenters. The van der Waals surface area contributed by atoms with Crippen molar-refractivity contribution < 1.29 is 4.79 Å². The maximum Gasteiger partial charge on any atom is 0.226 e. The first kappa shape index (κ1) is 14.1. The summed E-state index contributed by atoms with van der Waals surface area (Å²) in [4.78, 5) is 14.8. The van der Waals surface area contributed by atoms with Crippen LogP contribution in [0.25, 0.3) is 0 Å². The molecule has 0 saturated heterocycles. The number of carbonyl (C=O) groups is 1. The average molecular weight is 337 g/mol. The highest BCUT2D eigenvalue weighted by Crippen LogP contribution is 2.34. The number of hydrogen-bond donors (Lipinski definition) is 1. The van der Waals surface area contributed by atoms with Gasteiger partial charge in [0, 0.05) is 29.0 Å². The van der Waals surface area contributed by atoms with Crippen molar-refractivity contribution in [2.75, 3.05) is 0 Å². The lowest BCUT2D eigenvalue weighted by atomic mass is 10.1. The number of nitrogens with two attached hydrogens (primary N) is 1. The quantitative estimate of drug-likeness (QED) is 0.918. The van der Waals surface area contributed by atoms with E-state index in [9.17, 15) is 4.79 Å². The van der Waals surface area contributed by atoms with Gasteiger partial charge in [0.2, 0.25) is 5.91 Å². The number of amides is 1. The maximum absolute atomic E-state index is 12.7. The predicted molar refractivity (Wildman–Crippen MR) is 83.0 cm³/mol. The predicted octanol–water partition coefficient (Wildman–Crippen LogP) is 3.07. The Morgan fingerprint density at radius 1 is 1.25 bits per heavy atom. The zero-order valence-corrected chi connectivity index (χ0v) is 13.2. The Kier molecular flexibility index (Phi) is 4.13. The Morgan fingerprint density at radius 2 is 2.00 bits per heavy atom. The van der Waals surface area contributed by atoms with Crippen molar-refractivity contribution in [2.45, 2.75) is 50.7 Å². The second kappa shape index (κ2) is 5.86. The molecular weight excluding hydrogens is 316 g/mol. The van der Waals surface area contributed by atoms with Crippen LogP contribution in [0.2, 0.25) is 0 Å². The number of carbonyl (C=O) groups excluding carboxylic acids is 1. The Labute approximate surface area is 128 Å². The molecule has 1 amide bonds. The molecule has 20 heavy (non-hydrogen) atoms. The topological polar surface area (TPSA) is 46.3 Å². The number of halogens is 1. The van der Waals surface area contributed by atoms with E-state index in [4.69, 9.17) is 5.73 Å². The highest BCUT2D eigenvalue weighted by atomic mass is 79.9. The average Bonchev–Trinajstić information content (AvgIpc) is 3.18. The minimum atomic E-state index is 0.146. The summed E-state index contributed by atoms with van der Waals surface area (Å²) in [6.45, 7) is 0.719. The van der Waals surface area contributed by atoms with E-state index in [-0.39, 0.29) is 12.0 Å². The number of nitrogens with zero attached hydrogens (tertiary/aromatic N) is 1. The standard InChI is InChI=1S/C16H21BrN2O/c17-15-4-2-1-3-12(15)10-19(14-7-8-14)16(20)11-5-6-13(18)9-11/h1-4,11,13-14H,5-10,18H2. The first-order valence-corrected chi connectivity index (χ1v) is 8.24. The summed E-state index contributed by atoms with van der Waals surface area (Å²) >= 11 is 3.58. The van der Waals surface area contributed by atoms with Crippen molar-refractivity contribution >= 4 is 21.8 Å². The van der Waals surface area contributed by atoms with Gasteiger partial charge in [-0.3, -0.25) is 4.79 Å². The van der Waals surface area contributed by atoms with Gasteiger partial charge < -0.3 is 10.6 Å². The van der Waals surface area contributed by atoms with Crippen LogP contribution in [0.1, 0.15) is 37.7 Å². The fraction of sp³-hybridized carbons (Fsp3) is 0.562. The fourth-order valence-electron chi connectivity index (χ4n) is 3.06. The number of rotatable bonds is 4. The molecule has 0 heterocycles. The second-order valence-corrected chi connectivity index (χ2v) is 6.91. The van der Waals surface area contributed by atoms with E-state index in [1.54, 1.807) is 0 Å². The van der Waals surface area contributed by atoms with Crippen LogP contribution in [0.15, 0.2) is 28.7 Å². The fourth-order valence-corrected chi connectivity index (χ4v) is 3.47. The SMILES string of the molecule is NC1CCC(C(=O)N(Cc2ccccc2Br)C2CC2)C1. The molecule has 0 aliphatic heterocycles. The molecule has 2 saturated carbocycles. The zero-order chi connectivity index (χ0) is 14.1. The Bertz CT molecular complexity index is 501. The molecule has 4 heteroatoms. The summed E-state index contributed by atoms with van der Waals surface area (Å²) in [6, 6.07) is 8.83. The van der Waals surface area contributed by atoms with E-state index in [2.05, 4.69) is 26.9 Å². The van der Waals surface area contributed by atoms with Crippen LogP contribution >= 0.6 is 15.9 Å². The normalized spacial score (nSPS) is 25.7. The van der Waals surface area contributed by atoms with Crippen molar-refractivity contribution in [3.63, 3.8) is 0 Å². The summed E-state index contributed by atoms with van der Waals surface area (Å²) in [5, 5.41) is 0. The monoisotopic (exact) mass is 336 g/mol. The van der Waals surface area contributed by atoms with Gasteiger partial charge in [-0.25, -0.2) is 0 Å². The molecule has 108 valence electrons. The molecule has 0 spiro atoms. The Hall–Kier alpha value is -0.870. The van der Waals surface area contributed by atoms with E-state index < -0.39 is 0 Å². The summed E-state index contributed by atoms with van der Waals surface area (Å²) in [5.41, 5.74) is 7.14. The summed E-state index contributed by atoms with van der Waals surface area (Å²) < 4.78 is 1.08. The largest absolute Gasteiger partial charge is 0.335 e. The first-order chi connectivity index (χ1) is 9.65. The molecule has 3 nitrogen and oxygen atoms in total. The van der Waals surface area contributed by atoms with Crippen molar-refractivity contribution in [3.8, 4) is 0 Å². The summed E-state index contributed by atoms with van der Waals surface area (Å²) in [7, 11) is 0. The summed E-state index contributed by atoms with van der Waals surface area (Å²) in [6.07, 6.45) is 5.10. The lowest BCUT2D eigenvalue weighted by Crippen LogP contribution is -2.37. The zero-order valence-electron chi connectivity index (χ0n) is 11.6. The highest BCUT2D eigenvalue weighted by Gasteiger charge is 2.38. The van der Waals surface area contributed by atoms with Crippen molar-refractivity contribution in [2.24, 2.45) is 11.7 Å². The molecule has 2 N–H and O–H groups in total. The van der Waals surface area contributed by atoms with E-state index in [1.165, 1.54) is 5.56 Å². The Morgan fingerprint density at radius 3 is 2.60 bits per heavy atom. The van der Waals surface area contributed by atoms with Crippen LogP contribution in [0, 0.1) is 5.92 Å². The second-order valence-electron chi connectivity index (χ2n) is 6.06. The Balaban J connectivity index is 1.73. The third-order valence-corrected chi connectivity index (χ3v) is 5.17. The van der Waals surface area contributed by atoms with E-state index in [1.807, 2.05) is 18.2 Å². The van der Waals surface area contributed by atoms with Crippen LogP contribution in [0.3, 0.4) is 0 Å². The van der Waals surface area contributed by atoms with Gasteiger partial charge in [-0.2, -0.15) is 0 Å². The van der Waals surface area contributed by atoms with Crippen molar-refractivity contribution in [1.29, 1.82) is 0 Å². The highest BCUT2D eigenvalue weighted by molar-refractivity contribution is 9.10. The van der Waals surface area contributed by atoms with Crippen molar-refractivity contribution in [1.82, 2.24) is 4.90 Å². The molecule has 1 aromatic rings. The minimum Gasteiger partial charge on any atom is -0.335 e. The summed E-state index contributed by atoms with van der Waals surface area (Å²) in [5.74, 6) is 0.462. The third kappa shape index (κ3) is 3.07. The lowest BCUT2D eigenvalue weighted by molar-refractivity contribution is -0.136. The molecule has 2 fully saturated rings. The lowest BCUT2D eigenvalue weighted by Gasteiger charge is -2.26. The van der Waals surface area contributed by atoms with Crippen molar-refractivity contribution in [3.05, 3.63) is 34.3 Å². The van der Waals surface area contributed by atoms with Crippen LogP contribution in [0.5, 0.6) is 0 Å². The van der Waals surface area contributed by atoms with Crippen LogP contribution in [0.4, 0.5) is 0 Å². The van der Waals surface area contributed by atoms with Crippen LogP contribution < -0.4 is 5.73 Å². The maximum atomic E-state index is 12.7. The molecule has 2 aliphatic rings. The molecule has 2 unspecified atom stereocenters. The van der Waals surface area contributed by atoms with Gasteiger partial charge in [0.1, 0.15) is 0 Å². The molecule has 0 radical (unpaired) electrons. The van der Waals surface area contributed by atoms with E-state index >= 15 is 0 Å². The van der Waals surface area contributed by atoms with Gasteiger partial charge in [-0.1, -0.05) is 34.1 Å².